The third-order valence-corrected chi connectivity index (χ3v) is 4.36. The van der Waals surface area contributed by atoms with E-state index < -0.39 is 5.97 Å². The second-order valence-electron chi connectivity index (χ2n) is 6.38. The van der Waals surface area contributed by atoms with Gasteiger partial charge in [0.1, 0.15) is 11.6 Å². The highest BCUT2D eigenvalue weighted by Gasteiger charge is 2.11. The van der Waals surface area contributed by atoms with Crippen molar-refractivity contribution in [2.45, 2.75) is 39.7 Å². The number of aromatic carboxylic acids is 1. The lowest BCUT2D eigenvalue weighted by atomic mass is 9.99. The number of benzene rings is 2. The van der Waals surface area contributed by atoms with Gasteiger partial charge in [-0.05, 0) is 36.1 Å². The zero-order valence-electron chi connectivity index (χ0n) is 15.1. The van der Waals surface area contributed by atoms with Crippen molar-refractivity contribution in [3.05, 3.63) is 71.3 Å². The molecule has 3 aromatic rings. The minimum Gasteiger partial charge on any atom is -0.478 e. The number of carbonyl (C=O) groups is 1. The van der Waals surface area contributed by atoms with Crippen LogP contribution in [0.3, 0.4) is 0 Å². The summed E-state index contributed by atoms with van der Waals surface area (Å²) in [5.41, 5.74) is 3.05. The zero-order valence-corrected chi connectivity index (χ0v) is 15.1. The summed E-state index contributed by atoms with van der Waals surface area (Å²) in [6.45, 7) is 4.75. The van der Waals surface area contributed by atoms with Crippen molar-refractivity contribution in [2.75, 3.05) is 0 Å². The Bertz CT molecular complexity index is 898. The van der Waals surface area contributed by atoms with Crippen LogP contribution in [-0.2, 0) is 13.0 Å². The van der Waals surface area contributed by atoms with E-state index in [1.54, 1.807) is 12.1 Å². The smallest absolute Gasteiger partial charge is 0.336 e. The number of hydrogen-bond donors (Lipinski definition) is 1. The number of unbranched alkanes of at least 4 members (excludes halogenated alkanes) is 1. The Labute approximate surface area is 153 Å². The Morgan fingerprint density at radius 3 is 2.54 bits per heavy atom. The van der Waals surface area contributed by atoms with Crippen molar-refractivity contribution in [1.29, 1.82) is 0 Å². The van der Waals surface area contributed by atoms with Crippen molar-refractivity contribution in [1.82, 2.24) is 14.8 Å². The molecule has 0 spiro atoms. The third kappa shape index (κ3) is 3.99. The van der Waals surface area contributed by atoms with Crippen LogP contribution in [0, 0.1) is 6.92 Å². The molecule has 0 aliphatic heterocycles. The molecule has 2 aromatic carbocycles. The lowest BCUT2D eigenvalue weighted by Crippen LogP contribution is -2.07. The van der Waals surface area contributed by atoms with E-state index in [0.717, 1.165) is 47.6 Å². The first-order valence-electron chi connectivity index (χ1n) is 8.90. The monoisotopic (exact) mass is 349 g/mol. The Balaban J connectivity index is 1.82. The predicted octanol–water partition coefficient (Wildman–Crippen LogP) is 4.34. The SMILES string of the molecule is CCCCc1nc(C)nn1Cc1ccc(-c2ccccc2C(=O)O)cc1. The van der Waals surface area contributed by atoms with Gasteiger partial charge in [0, 0.05) is 6.42 Å². The van der Waals surface area contributed by atoms with Crippen molar-refractivity contribution in [2.24, 2.45) is 0 Å². The van der Waals surface area contributed by atoms with Crippen LogP contribution in [0.1, 0.15) is 47.3 Å². The maximum atomic E-state index is 11.4. The first-order chi connectivity index (χ1) is 12.6. The van der Waals surface area contributed by atoms with Gasteiger partial charge in [-0.2, -0.15) is 5.10 Å². The quantitative estimate of drug-likeness (QED) is 0.689. The number of nitrogens with zero attached hydrogens (tertiary/aromatic N) is 3. The van der Waals surface area contributed by atoms with Crippen LogP contribution in [0.25, 0.3) is 11.1 Å². The highest BCUT2D eigenvalue weighted by molar-refractivity contribution is 5.95. The first kappa shape index (κ1) is 17.9. The average molecular weight is 349 g/mol. The summed E-state index contributed by atoms with van der Waals surface area (Å²) in [4.78, 5) is 15.9. The number of aryl methyl sites for hydroxylation is 2. The van der Waals surface area contributed by atoms with Crippen molar-refractivity contribution in [3.63, 3.8) is 0 Å². The first-order valence-corrected chi connectivity index (χ1v) is 8.90. The van der Waals surface area contributed by atoms with Crippen LogP contribution in [0.2, 0.25) is 0 Å². The molecule has 1 N–H and O–H groups in total. The fraction of sp³-hybridized carbons (Fsp3) is 0.286. The maximum Gasteiger partial charge on any atom is 0.336 e. The summed E-state index contributed by atoms with van der Waals surface area (Å²) in [7, 11) is 0. The fourth-order valence-electron chi connectivity index (χ4n) is 3.03. The molecule has 0 aliphatic carbocycles. The molecule has 0 unspecified atom stereocenters. The molecule has 0 saturated heterocycles. The highest BCUT2D eigenvalue weighted by Crippen LogP contribution is 2.24. The van der Waals surface area contributed by atoms with Gasteiger partial charge in [-0.3, -0.25) is 0 Å². The molecule has 1 aromatic heterocycles. The van der Waals surface area contributed by atoms with Gasteiger partial charge in [-0.15, -0.1) is 0 Å². The average Bonchev–Trinajstić information content (AvgIpc) is 2.99. The van der Waals surface area contributed by atoms with Crippen LogP contribution in [0.4, 0.5) is 0 Å². The summed E-state index contributed by atoms with van der Waals surface area (Å²) < 4.78 is 1.96. The van der Waals surface area contributed by atoms with Crippen LogP contribution in [0.5, 0.6) is 0 Å². The number of aromatic nitrogens is 3. The van der Waals surface area contributed by atoms with E-state index in [0.29, 0.717) is 12.1 Å². The summed E-state index contributed by atoms with van der Waals surface area (Å²) in [5.74, 6) is 0.899. The molecule has 3 rings (SSSR count). The molecule has 5 heteroatoms. The molecule has 26 heavy (non-hydrogen) atoms. The Hall–Kier alpha value is -2.95. The van der Waals surface area contributed by atoms with Gasteiger partial charge in [0.15, 0.2) is 0 Å². The van der Waals surface area contributed by atoms with Crippen molar-refractivity contribution < 1.29 is 9.90 Å². The van der Waals surface area contributed by atoms with E-state index >= 15 is 0 Å². The molecule has 134 valence electrons. The van der Waals surface area contributed by atoms with E-state index in [1.165, 1.54) is 0 Å². The standard InChI is InChI=1S/C21H23N3O2/c1-3-4-9-20-22-15(2)23-24(20)14-16-10-12-17(13-11-16)18-7-5-6-8-19(18)21(25)26/h5-8,10-13H,3-4,9,14H2,1-2H3,(H,25,26). The van der Waals surface area contributed by atoms with Crippen LogP contribution >= 0.6 is 0 Å². The van der Waals surface area contributed by atoms with Gasteiger partial charge < -0.3 is 5.11 Å². The van der Waals surface area contributed by atoms with E-state index in [4.69, 9.17) is 0 Å². The zero-order chi connectivity index (χ0) is 18.5. The van der Waals surface area contributed by atoms with Crippen LogP contribution in [-0.4, -0.2) is 25.8 Å². The summed E-state index contributed by atoms with van der Waals surface area (Å²) in [5, 5.41) is 13.9. The van der Waals surface area contributed by atoms with Gasteiger partial charge in [-0.1, -0.05) is 55.8 Å². The third-order valence-electron chi connectivity index (χ3n) is 4.36. The molecule has 0 aliphatic rings. The molecule has 0 saturated carbocycles. The lowest BCUT2D eigenvalue weighted by molar-refractivity contribution is 0.0697. The predicted molar refractivity (Wildman–Crippen MR) is 101 cm³/mol. The van der Waals surface area contributed by atoms with Gasteiger partial charge in [0.2, 0.25) is 0 Å². The minimum atomic E-state index is -0.914. The molecule has 1 heterocycles. The molecule has 0 fully saturated rings. The maximum absolute atomic E-state index is 11.4. The minimum absolute atomic E-state index is 0.314. The normalized spacial score (nSPS) is 10.8. The van der Waals surface area contributed by atoms with Gasteiger partial charge >= 0.3 is 5.97 Å². The highest BCUT2D eigenvalue weighted by atomic mass is 16.4. The molecule has 0 radical (unpaired) electrons. The topological polar surface area (TPSA) is 68.0 Å². The van der Waals surface area contributed by atoms with E-state index in [2.05, 4.69) is 17.0 Å². The van der Waals surface area contributed by atoms with Gasteiger partial charge in [0.25, 0.3) is 0 Å². The van der Waals surface area contributed by atoms with Crippen LogP contribution < -0.4 is 0 Å². The number of rotatable bonds is 7. The van der Waals surface area contributed by atoms with E-state index in [9.17, 15) is 9.90 Å². The van der Waals surface area contributed by atoms with Crippen molar-refractivity contribution in [3.8, 4) is 11.1 Å². The number of hydrogen-bond acceptors (Lipinski definition) is 3. The fourth-order valence-corrected chi connectivity index (χ4v) is 3.03. The summed E-state index contributed by atoms with van der Waals surface area (Å²) >= 11 is 0. The largest absolute Gasteiger partial charge is 0.478 e. The molecular weight excluding hydrogens is 326 g/mol. The van der Waals surface area contributed by atoms with Crippen molar-refractivity contribution >= 4 is 5.97 Å². The second kappa shape index (κ2) is 7.95. The molecule has 5 nitrogen and oxygen atoms in total. The van der Waals surface area contributed by atoms with E-state index in [-0.39, 0.29) is 0 Å². The Morgan fingerprint density at radius 2 is 1.85 bits per heavy atom. The molecule has 0 amide bonds. The van der Waals surface area contributed by atoms with Crippen LogP contribution in [0.15, 0.2) is 48.5 Å². The summed E-state index contributed by atoms with van der Waals surface area (Å²) in [6, 6.07) is 15.0. The van der Waals surface area contributed by atoms with E-state index in [1.807, 2.05) is 48.0 Å². The lowest BCUT2D eigenvalue weighted by Gasteiger charge is -2.09. The Kier molecular flexibility index (Phi) is 5.46. The van der Waals surface area contributed by atoms with Gasteiger partial charge in [0.05, 0.1) is 12.1 Å². The summed E-state index contributed by atoms with van der Waals surface area (Å²) in [6.07, 6.45) is 3.16. The van der Waals surface area contributed by atoms with Gasteiger partial charge in [-0.25, -0.2) is 14.5 Å². The second-order valence-corrected chi connectivity index (χ2v) is 6.38. The molecule has 0 atom stereocenters. The Morgan fingerprint density at radius 1 is 1.12 bits per heavy atom. The molecular formula is C21H23N3O2. The molecule has 0 bridgehead atoms. The number of carboxylic acids is 1. The number of carboxylic acid groups (broad SMARTS) is 1.